The molecule has 0 spiro atoms. The molecule has 168 valence electrons. The van der Waals surface area contributed by atoms with Crippen LogP contribution in [-0.2, 0) is 17.6 Å². The van der Waals surface area contributed by atoms with E-state index in [2.05, 4.69) is 17.0 Å². The highest BCUT2D eigenvalue weighted by atomic mass is 16.5. The molecule has 7 heteroatoms. The topological polar surface area (TPSA) is 103 Å². The third-order valence-electron chi connectivity index (χ3n) is 6.37. The van der Waals surface area contributed by atoms with E-state index in [1.165, 1.54) is 11.1 Å². The molecule has 31 heavy (non-hydrogen) atoms. The second-order valence-electron chi connectivity index (χ2n) is 8.33. The van der Waals surface area contributed by atoms with Gasteiger partial charge in [0.25, 0.3) is 0 Å². The van der Waals surface area contributed by atoms with Crippen molar-refractivity contribution < 1.29 is 29.9 Å². The number of benzene rings is 2. The van der Waals surface area contributed by atoms with Crippen molar-refractivity contribution in [1.82, 2.24) is 0 Å². The van der Waals surface area contributed by atoms with Gasteiger partial charge in [-0.3, -0.25) is 0 Å². The molecule has 1 saturated heterocycles. The van der Waals surface area contributed by atoms with E-state index in [1.807, 2.05) is 30.3 Å². The lowest BCUT2D eigenvalue weighted by atomic mass is 9.89. The molecule has 2 aliphatic heterocycles. The number of anilines is 1. The van der Waals surface area contributed by atoms with Crippen molar-refractivity contribution in [2.75, 3.05) is 31.7 Å². The van der Waals surface area contributed by atoms with Gasteiger partial charge in [0.15, 0.2) is 0 Å². The van der Waals surface area contributed by atoms with Gasteiger partial charge in [-0.1, -0.05) is 24.3 Å². The molecule has 7 nitrogen and oxygen atoms in total. The highest BCUT2D eigenvalue weighted by Crippen LogP contribution is 2.36. The number of rotatable bonds is 6. The number of fused-ring (bicyclic) bond motifs is 1. The van der Waals surface area contributed by atoms with Gasteiger partial charge in [-0.05, 0) is 54.2 Å². The Morgan fingerprint density at radius 2 is 1.81 bits per heavy atom. The van der Waals surface area contributed by atoms with E-state index >= 15 is 0 Å². The number of aryl methyl sites for hydroxylation is 1. The summed E-state index contributed by atoms with van der Waals surface area (Å²) >= 11 is 0. The van der Waals surface area contributed by atoms with Crippen LogP contribution in [0.15, 0.2) is 42.5 Å². The van der Waals surface area contributed by atoms with Gasteiger partial charge < -0.3 is 34.8 Å². The van der Waals surface area contributed by atoms with Crippen LogP contribution in [-0.4, -0.2) is 71.6 Å². The Morgan fingerprint density at radius 3 is 2.52 bits per heavy atom. The Kier molecular flexibility index (Phi) is 6.79. The first-order chi connectivity index (χ1) is 15.0. The van der Waals surface area contributed by atoms with E-state index < -0.39 is 37.1 Å². The van der Waals surface area contributed by atoms with Crippen LogP contribution in [0.1, 0.15) is 29.2 Å². The van der Waals surface area contributed by atoms with Crippen LogP contribution in [0.2, 0.25) is 0 Å². The number of methoxy groups -OCH3 is 1. The molecule has 5 atom stereocenters. The maximum absolute atomic E-state index is 10.5. The van der Waals surface area contributed by atoms with Gasteiger partial charge >= 0.3 is 0 Å². The molecule has 0 radical (unpaired) electrons. The predicted molar refractivity (Wildman–Crippen MR) is 116 cm³/mol. The number of hydrogen-bond donors (Lipinski definition) is 4. The van der Waals surface area contributed by atoms with Crippen molar-refractivity contribution in [2.45, 2.75) is 49.8 Å². The smallest absolute Gasteiger partial charge is 0.118 e. The zero-order valence-corrected chi connectivity index (χ0v) is 17.7. The minimum absolute atomic E-state index is 0.430. The Hall–Kier alpha value is -2.16. The van der Waals surface area contributed by atoms with Crippen molar-refractivity contribution in [3.05, 3.63) is 59.2 Å². The minimum atomic E-state index is -1.38. The maximum atomic E-state index is 10.5. The average molecular weight is 430 g/mol. The maximum Gasteiger partial charge on any atom is 0.118 e. The Bertz CT molecular complexity index is 871. The van der Waals surface area contributed by atoms with E-state index in [9.17, 15) is 20.4 Å². The first kappa shape index (κ1) is 22.0. The average Bonchev–Trinajstić information content (AvgIpc) is 2.81. The summed E-state index contributed by atoms with van der Waals surface area (Å²) in [6.45, 7) is 1.37. The summed E-state index contributed by atoms with van der Waals surface area (Å²) in [6.07, 6.45) is -2.76. The normalized spacial score (nSPS) is 28.3. The van der Waals surface area contributed by atoms with E-state index in [0.29, 0.717) is 0 Å². The van der Waals surface area contributed by atoms with Crippen LogP contribution in [0.25, 0.3) is 0 Å². The molecule has 4 rings (SSSR count). The summed E-state index contributed by atoms with van der Waals surface area (Å²) in [7, 11) is 1.66. The van der Waals surface area contributed by atoms with Crippen molar-refractivity contribution in [2.24, 2.45) is 0 Å². The van der Waals surface area contributed by atoms with Gasteiger partial charge in [-0.15, -0.1) is 0 Å². The molecule has 1 fully saturated rings. The number of nitrogens with zero attached hydrogens (tertiary/aromatic N) is 1. The molecule has 0 aliphatic carbocycles. The highest BCUT2D eigenvalue weighted by molar-refractivity contribution is 5.58. The van der Waals surface area contributed by atoms with Gasteiger partial charge in [-0.25, -0.2) is 0 Å². The van der Waals surface area contributed by atoms with Gasteiger partial charge in [0.2, 0.25) is 0 Å². The number of aliphatic hydroxyl groups excluding tert-OH is 4. The number of hydrogen-bond acceptors (Lipinski definition) is 7. The van der Waals surface area contributed by atoms with E-state index in [0.717, 1.165) is 49.4 Å². The highest BCUT2D eigenvalue weighted by Gasteiger charge is 2.44. The Morgan fingerprint density at radius 1 is 1.03 bits per heavy atom. The number of ether oxygens (including phenoxy) is 2. The van der Waals surface area contributed by atoms with Crippen LogP contribution in [0, 0.1) is 0 Å². The molecule has 2 aromatic rings. The largest absolute Gasteiger partial charge is 0.497 e. The molecule has 2 aliphatic rings. The van der Waals surface area contributed by atoms with Crippen molar-refractivity contribution in [1.29, 1.82) is 0 Å². The third-order valence-corrected chi connectivity index (χ3v) is 6.37. The van der Waals surface area contributed by atoms with Gasteiger partial charge in [0.1, 0.15) is 36.3 Å². The summed E-state index contributed by atoms with van der Waals surface area (Å²) in [5.74, 6) is 0.844. The quantitative estimate of drug-likeness (QED) is 0.547. The standard InChI is InChI=1S/C24H31NO6/c1-30-18-8-4-15(5-9-18)10-12-25-11-2-3-16-6-7-17(13-19(16)25)24-23(29)22(28)21(27)20(14-26)31-24/h4-9,13,20-24,26-29H,2-3,10-12,14H2,1H3/t20-,21-,22+,23-,24+/m1/s1. The van der Waals surface area contributed by atoms with E-state index in [-0.39, 0.29) is 0 Å². The summed E-state index contributed by atoms with van der Waals surface area (Å²) in [6, 6.07) is 14.1. The summed E-state index contributed by atoms with van der Waals surface area (Å²) < 4.78 is 11.0. The van der Waals surface area contributed by atoms with E-state index in [1.54, 1.807) is 7.11 Å². The Labute approximate surface area is 182 Å². The van der Waals surface area contributed by atoms with Gasteiger partial charge in [-0.2, -0.15) is 0 Å². The predicted octanol–water partition coefficient (Wildman–Crippen LogP) is 1.21. The van der Waals surface area contributed by atoms with Crippen LogP contribution in [0.5, 0.6) is 5.75 Å². The lowest BCUT2D eigenvalue weighted by molar-refractivity contribution is -0.231. The summed E-state index contributed by atoms with van der Waals surface area (Å²) in [5.41, 5.74) is 4.31. The minimum Gasteiger partial charge on any atom is -0.497 e. The monoisotopic (exact) mass is 429 g/mol. The molecule has 0 saturated carbocycles. The van der Waals surface area contributed by atoms with Crippen LogP contribution < -0.4 is 9.64 Å². The van der Waals surface area contributed by atoms with Crippen molar-refractivity contribution >= 4 is 5.69 Å². The first-order valence-electron chi connectivity index (χ1n) is 10.8. The molecule has 0 amide bonds. The zero-order valence-electron chi connectivity index (χ0n) is 17.7. The summed E-state index contributed by atoms with van der Waals surface area (Å²) in [5, 5.41) is 40.2. The van der Waals surface area contributed by atoms with Crippen molar-refractivity contribution in [3.8, 4) is 5.75 Å². The van der Waals surface area contributed by atoms with Gasteiger partial charge in [0.05, 0.1) is 13.7 Å². The van der Waals surface area contributed by atoms with Crippen LogP contribution in [0.3, 0.4) is 0 Å². The SMILES string of the molecule is COc1ccc(CCN2CCCc3ccc([C@@H]4O[C@H](CO)[C@@H](O)[C@H](O)[C@H]4O)cc32)cc1. The van der Waals surface area contributed by atoms with Crippen molar-refractivity contribution in [3.63, 3.8) is 0 Å². The second kappa shape index (κ2) is 9.54. The molecule has 0 unspecified atom stereocenters. The first-order valence-corrected chi connectivity index (χ1v) is 10.8. The molecule has 2 heterocycles. The fourth-order valence-electron chi connectivity index (χ4n) is 4.51. The lowest BCUT2D eigenvalue weighted by Crippen LogP contribution is -2.55. The Balaban J connectivity index is 1.53. The van der Waals surface area contributed by atoms with E-state index in [4.69, 9.17) is 9.47 Å². The molecule has 2 aromatic carbocycles. The molecule has 0 bridgehead atoms. The van der Waals surface area contributed by atoms with Crippen LogP contribution >= 0.6 is 0 Å². The molecule has 0 aromatic heterocycles. The molecule has 4 N–H and O–H groups in total. The fourth-order valence-corrected chi connectivity index (χ4v) is 4.51. The lowest BCUT2D eigenvalue weighted by Gasteiger charge is -2.41. The zero-order chi connectivity index (χ0) is 22.0. The molecular weight excluding hydrogens is 398 g/mol. The molecular formula is C24H31NO6. The van der Waals surface area contributed by atoms with Gasteiger partial charge in [0, 0.05) is 18.8 Å². The second-order valence-corrected chi connectivity index (χ2v) is 8.33. The third kappa shape index (κ3) is 4.56. The summed E-state index contributed by atoms with van der Waals surface area (Å²) in [4.78, 5) is 2.34. The number of aliphatic hydroxyl groups is 4. The fraction of sp³-hybridized carbons (Fsp3) is 0.500. The van der Waals surface area contributed by atoms with Crippen LogP contribution in [0.4, 0.5) is 5.69 Å².